The van der Waals surface area contributed by atoms with Crippen LogP contribution in [0.3, 0.4) is 0 Å². The Balaban J connectivity index is 2.26. The second kappa shape index (κ2) is 8.04. The van der Waals surface area contributed by atoms with Gasteiger partial charge in [-0.3, -0.25) is 0 Å². The molecule has 1 fully saturated rings. The van der Waals surface area contributed by atoms with Crippen LogP contribution in [-0.4, -0.2) is 50.3 Å². The van der Waals surface area contributed by atoms with Crippen molar-refractivity contribution in [2.24, 2.45) is 0 Å². The molecule has 0 spiro atoms. The van der Waals surface area contributed by atoms with Crippen LogP contribution in [0, 0.1) is 0 Å². The molecule has 0 aromatic rings. The van der Waals surface area contributed by atoms with Crippen molar-refractivity contribution in [3.8, 4) is 0 Å². The molecule has 1 atom stereocenters. The first kappa shape index (κ1) is 13.9. The lowest BCUT2D eigenvalue weighted by molar-refractivity contribution is 0.0400. The molecule has 1 N–H and O–H groups in total. The van der Waals surface area contributed by atoms with Crippen molar-refractivity contribution in [1.29, 1.82) is 0 Å². The first-order valence-electron chi connectivity index (χ1n) is 6.79. The monoisotopic (exact) mass is 228 g/mol. The molecule has 3 heteroatoms. The van der Waals surface area contributed by atoms with Crippen molar-refractivity contribution in [3.05, 3.63) is 0 Å². The van der Waals surface area contributed by atoms with E-state index in [1.54, 1.807) is 0 Å². The van der Waals surface area contributed by atoms with Gasteiger partial charge in [-0.05, 0) is 39.3 Å². The van der Waals surface area contributed by atoms with E-state index in [1.165, 1.54) is 32.2 Å². The Labute approximate surface area is 101 Å². The molecular weight excluding hydrogens is 200 g/mol. The van der Waals surface area contributed by atoms with Crippen molar-refractivity contribution in [2.45, 2.75) is 51.6 Å². The van der Waals surface area contributed by atoms with Crippen LogP contribution in [0.4, 0.5) is 0 Å². The molecule has 0 saturated carbocycles. The molecule has 0 radical (unpaired) electrons. The molecule has 0 aromatic heterocycles. The molecule has 1 aliphatic rings. The van der Waals surface area contributed by atoms with Crippen molar-refractivity contribution < 1.29 is 4.74 Å². The number of likely N-dealkylation sites (N-methyl/N-ethyl adjacent to an activating group) is 1. The number of ether oxygens (including phenoxy) is 1. The number of nitrogens with one attached hydrogen (secondary N) is 1. The van der Waals surface area contributed by atoms with Crippen molar-refractivity contribution in [3.63, 3.8) is 0 Å². The average molecular weight is 228 g/mol. The lowest BCUT2D eigenvalue weighted by Crippen LogP contribution is -2.45. The van der Waals surface area contributed by atoms with Gasteiger partial charge in [0.15, 0.2) is 0 Å². The van der Waals surface area contributed by atoms with Crippen LogP contribution < -0.4 is 5.32 Å². The smallest absolute Gasteiger partial charge is 0.0480 e. The molecule has 16 heavy (non-hydrogen) atoms. The van der Waals surface area contributed by atoms with E-state index < -0.39 is 0 Å². The number of nitrogens with zero attached hydrogens (tertiary/aromatic N) is 1. The standard InChI is InChI=1S/C13H28N2O/c1-4-8-14-12(5-2)11-15(3)13-6-9-16-10-7-13/h12-14H,4-11H2,1-3H3. The summed E-state index contributed by atoms with van der Waals surface area (Å²) in [6, 6.07) is 1.37. The van der Waals surface area contributed by atoms with Gasteiger partial charge in [-0.15, -0.1) is 0 Å². The highest BCUT2D eigenvalue weighted by Gasteiger charge is 2.20. The lowest BCUT2D eigenvalue weighted by atomic mass is 10.1. The van der Waals surface area contributed by atoms with Crippen molar-refractivity contribution in [2.75, 3.05) is 33.4 Å². The summed E-state index contributed by atoms with van der Waals surface area (Å²) >= 11 is 0. The summed E-state index contributed by atoms with van der Waals surface area (Å²) < 4.78 is 5.40. The van der Waals surface area contributed by atoms with Gasteiger partial charge in [0.2, 0.25) is 0 Å². The van der Waals surface area contributed by atoms with E-state index in [1.807, 2.05) is 0 Å². The molecule has 1 heterocycles. The molecule has 1 aliphatic heterocycles. The van der Waals surface area contributed by atoms with Crippen LogP contribution >= 0.6 is 0 Å². The van der Waals surface area contributed by atoms with E-state index in [4.69, 9.17) is 4.74 Å². The van der Waals surface area contributed by atoms with E-state index in [9.17, 15) is 0 Å². The van der Waals surface area contributed by atoms with Gasteiger partial charge in [0, 0.05) is 31.8 Å². The average Bonchev–Trinajstić information content (AvgIpc) is 2.35. The van der Waals surface area contributed by atoms with Gasteiger partial charge in [0.25, 0.3) is 0 Å². The summed E-state index contributed by atoms with van der Waals surface area (Å²) in [6.45, 7) is 8.68. The third-order valence-corrected chi connectivity index (χ3v) is 3.50. The number of hydrogen-bond donors (Lipinski definition) is 1. The highest BCUT2D eigenvalue weighted by molar-refractivity contribution is 4.76. The Kier molecular flexibility index (Phi) is 7.01. The zero-order chi connectivity index (χ0) is 11.8. The topological polar surface area (TPSA) is 24.5 Å². The Morgan fingerprint density at radius 2 is 2.00 bits per heavy atom. The maximum Gasteiger partial charge on any atom is 0.0480 e. The summed E-state index contributed by atoms with van der Waals surface area (Å²) in [5.41, 5.74) is 0. The van der Waals surface area contributed by atoms with E-state index in [0.717, 1.165) is 25.8 Å². The molecule has 1 saturated heterocycles. The molecule has 3 nitrogen and oxygen atoms in total. The van der Waals surface area contributed by atoms with Gasteiger partial charge in [-0.2, -0.15) is 0 Å². The predicted molar refractivity (Wildman–Crippen MR) is 68.8 cm³/mol. The third-order valence-electron chi connectivity index (χ3n) is 3.50. The van der Waals surface area contributed by atoms with Gasteiger partial charge in [-0.1, -0.05) is 13.8 Å². The second-order valence-corrected chi connectivity index (χ2v) is 4.84. The Bertz CT molecular complexity index is 169. The van der Waals surface area contributed by atoms with Crippen molar-refractivity contribution in [1.82, 2.24) is 10.2 Å². The van der Waals surface area contributed by atoms with Crippen LogP contribution in [0.2, 0.25) is 0 Å². The van der Waals surface area contributed by atoms with Crippen molar-refractivity contribution >= 4 is 0 Å². The van der Waals surface area contributed by atoms with Crippen LogP contribution in [0.25, 0.3) is 0 Å². The van der Waals surface area contributed by atoms with E-state index in [2.05, 4.69) is 31.1 Å². The zero-order valence-corrected chi connectivity index (χ0v) is 11.2. The summed E-state index contributed by atoms with van der Waals surface area (Å²) in [6.07, 6.45) is 4.83. The SMILES string of the molecule is CCCNC(CC)CN(C)C1CCOCC1. The molecule has 0 aliphatic carbocycles. The fourth-order valence-corrected chi connectivity index (χ4v) is 2.31. The Morgan fingerprint density at radius 3 is 2.56 bits per heavy atom. The molecular formula is C13H28N2O. The molecule has 0 bridgehead atoms. The minimum absolute atomic E-state index is 0.646. The van der Waals surface area contributed by atoms with Gasteiger partial charge >= 0.3 is 0 Å². The molecule has 0 amide bonds. The molecule has 96 valence electrons. The van der Waals surface area contributed by atoms with Crippen LogP contribution in [0.1, 0.15) is 39.5 Å². The quantitative estimate of drug-likeness (QED) is 0.720. The van der Waals surface area contributed by atoms with E-state index >= 15 is 0 Å². The van der Waals surface area contributed by atoms with Crippen LogP contribution in [-0.2, 0) is 4.74 Å². The first-order chi connectivity index (χ1) is 7.77. The van der Waals surface area contributed by atoms with Crippen LogP contribution in [0.15, 0.2) is 0 Å². The van der Waals surface area contributed by atoms with Crippen LogP contribution in [0.5, 0.6) is 0 Å². The number of hydrogen-bond acceptors (Lipinski definition) is 3. The maximum atomic E-state index is 5.40. The van der Waals surface area contributed by atoms with E-state index in [-0.39, 0.29) is 0 Å². The third kappa shape index (κ3) is 4.81. The first-order valence-corrected chi connectivity index (χ1v) is 6.79. The summed E-state index contributed by atoms with van der Waals surface area (Å²) in [5.74, 6) is 0. The Morgan fingerprint density at radius 1 is 1.31 bits per heavy atom. The van der Waals surface area contributed by atoms with E-state index in [0.29, 0.717) is 6.04 Å². The van der Waals surface area contributed by atoms with Gasteiger partial charge < -0.3 is 15.0 Å². The summed E-state index contributed by atoms with van der Waals surface area (Å²) in [5, 5.41) is 3.62. The van der Waals surface area contributed by atoms with Gasteiger partial charge in [0.1, 0.15) is 0 Å². The fourth-order valence-electron chi connectivity index (χ4n) is 2.31. The lowest BCUT2D eigenvalue weighted by Gasteiger charge is -2.33. The van der Waals surface area contributed by atoms with Gasteiger partial charge in [0.05, 0.1) is 0 Å². The Hall–Kier alpha value is -0.120. The molecule has 1 unspecified atom stereocenters. The molecule has 1 rings (SSSR count). The summed E-state index contributed by atoms with van der Waals surface area (Å²) in [7, 11) is 2.26. The molecule has 0 aromatic carbocycles. The zero-order valence-electron chi connectivity index (χ0n) is 11.2. The summed E-state index contributed by atoms with van der Waals surface area (Å²) in [4.78, 5) is 2.51. The normalized spacial score (nSPS) is 20.2. The minimum atomic E-state index is 0.646. The minimum Gasteiger partial charge on any atom is -0.381 e. The highest BCUT2D eigenvalue weighted by atomic mass is 16.5. The number of rotatable bonds is 7. The largest absolute Gasteiger partial charge is 0.381 e. The highest BCUT2D eigenvalue weighted by Crippen LogP contribution is 2.13. The predicted octanol–water partition coefficient (Wildman–Crippen LogP) is 1.88. The maximum absolute atomic E-state index is 5.40. The fraction of sp³-hybridized carbons (Fsp3) is 1.00. The van der Waals surface area contributed by atoms with Gasteiger partial charge in [-0.25, -0.2) is 0 Å². The second-order valence-electron chi connectivity index (χ2n) is 4.84.